The van der Waals surface area contributed by atoms with Gasteiger partial charge in [-0.3, -0.25) is 0 Å². The molecule has 19 heavy (non-hydrogen) atoms. The van der Waals surface area contributed by atoms with Gasteiger partial charge in [-0.25, -0.2) is 17.9 Å². The average Bonchev–Trinajstić information content (AvgIpc) is 2.36. The number of rotatable bonds is 6. The first-order chi connectivity index (χ1) is 8.74. The zero-order chi connectivity index (χ0) is 14.6. The molecule has 0 fully saturated rings. The van der Waals surface area contributed by atoms with Crippen molar-refractivity contribution in [1.29, 1.82) is 0 Å². The third kappa shape index (κ3) is 4.30. The van der Waals surface area contributed by atoms with E-state index in [9.17, 15) is 13.2 Å². The van der Waals surface area contributed by atoms with Crippen LogP contribution >= 0.6 is 0 Å². The van der Waals surface area contributed by atoms with Crippen molar-refractivity contribution < 1.29 is 18.3 Å². The van der Waals surface area contributed by atoms with Crippen molar-refractivity contribution in [2.45, 2.75) is 17.9 Å². The Balaban J connectivity index is 2.80. The molecule has 0 aliphatic carbocycles. The standard InChI is InChI=1S/C12H18N2O4S/c1-9(14(2)3)8-13-19(17,18)11-6-4-10(5-7-11)12(15)16/h4-7,9,13H,8H2,1-3H3,(H,15,16). The molecule has 0 heterocycles. The van der Waals surface area contributed by atoms with Gasteiger partial charge >= 0.3 is 5.97 Å². The van der Waals surface area contributed by atoms with E-state index in [2.05, 4.69) is 4.72 Å². The molecule has 1 aromatic rings. The van der Waals surface area contributed by atoms with E-state index in [1.807, 2.05) is 25.9 Å². The van der Waals surface area contributed by atoms with Gasteiger partial charge in [-0.15, -0.1) is 0 Å². The third-order valence-corrected chi connectivity index (χ3v) is 4.30. The monoisotopic (exact) mass is 286 g/mol. The van der Waals surface area contributed by atoms with Gasteiger partial charge in [-0.05, 0) is 45.3 Å². The minimum atomic E-state index is -3.60. The molecule has 0 radical (unpaired) electrons. The van der Waals surface area contributed by atoms with Crippen LogP contribution < -0.4 is 4.72 Å². The number of hydrogen-bond donors (Lipinski definition) is 2. The van der Waals surface area contributed by atoms with Gasteiger partial charge in [-0.1, -0.05) is 0 Å². The second-order valence-corrected chi connectivity index (χ2v) is 6.26. The van der Waals surface area contributed by atoms with Crippen LogP contribution in [0.15, 0.2) is 29.2 Å². The van der Waals surface area contributed by atoms with E-state index in [1.165, 1.54) is 24.3 Å². The number of likely N-dealkylation sites (N-methyl/N-ethyl adjacent to an activating group) is 1. The molecule has 0 bridgehead atoms. The first kappa shape index (κ1) is 15.6. The number of benzene rings is 1. The number of sulfonamides is 1. The summed E-state index contributed by atoms with van der Waals surface area (Å²) in [5, 5.41) is 8.75. The highest BCUT2D eigenvalue weighted by molar-refractivity contribution is 7.89. The van der Waals surface area contributed by atoms with Crippen molar-refractivity contribution >= 4 is 16.0 Å². The molecule has 0 aliphatic rings. The molecule has 7 heteroatoms. The molecule has 1 unspecified atom stereocenters. The highest BCUT2D eigenvalue weighted by Crippen LogP contribution is 2.10. The number of hydrogen-bond acceptors (Lipinski definition) is 4. The van der Waals surface area contributed by atoms with Crippen LogP contribution in [-0.4, -0.2) is 51.1 Å². The fraction of sp³-hybridized carbons (Fsp3) is 0.417. The quantitative estimate of drug-likeness (QED) is 0.800. The smallest absolute Gasteiger partial charge is 0.335 e. The van der Waals surface area contributed by atoms with E-state index in [-0.39, 0.29) is 23.0 Å². The lowest BCUT2D eigenvalue weighted by Gasteiger charge is -2.19. The van der Waals surface area contributed by atoms with E-state index >= 15 is 0 Å². The van der Waals surface area contributed by atoms with Crippen LogP contribution in [0, 0.1) is 0 Å². The topological polar surface area (TPSA) is 86.7 Å². The van der Waals surface area contributed by atoms with Crippen LogP contribution in [-0.2, 0) is 10.0 Å². The van der Waals surface area contributed by atoms with Crippen molar-refractivity contribution in [3.8, 4) is 0 Å². The van der Waals surface area contributed by atoms with Crippen molar-refractivity contribution in [2.75, 3.05) is 20.6 Å². The van der Waals surface area contributed by atoms with Crippen LogP contribution in [0.4, 0.5) is 0 Å². The number of nitrogens with one attached hydrogen (secondary N) is 1. The summed E-state index contributed by atoms with van der Waals surface area (Å²) in [4.78, 5) is 12.6. The van der Waals surface area contributed by atoms with Gasteiger partial charge in [0.15, 0.2) is 0 Å². The zero-order valence-corrected chi connectivity index (χ0v) is 11.9. The molecule has 2 N–H and O–H groups in total. The second kappa shape index (κ2) is 6.14. The summed E-state index contributed by atoms with van der Waals surface area (Å²) in [6.45, 7) is 2.19. The first-order valence-corrected chi connectivity index (χ1v) is 7.22. The predicted molar refractivity (Wildman–Crippen MR) is 71.7 cm³/mol. The second-order valence-electron chi connectivity index (χ2n) is 4.49. The van der Waals surface area contributed by atoms with E-state index < -0.39 is 16.0 Å². The Morgan fingerprint density at radius 2 is 1.84 bits per heavy atom. The molecule has 0 spiro atoms. The van der Waals surface area contributed by atoms with E-state index in [0.717, 1.165) is 0 Å². The lowest BCUT2D eigenvalue weighted by Crippen LogP contribution is -2.38. The summed E-state index contributed by atoms with van der Waals surface area (Å²) in [7, 11) is 0.123. The molecular weight excluding hydrogens is 268 g/mol. The fourth-order valence-electron chi connectivity index (χ4n) is 1.27. The van der Waals surface area contributed by atoms with Crippen LogP contribution in [0.2, 0.25) is 0 Å². The van der Waals surface area contributed by atoms with Crippen molar-refractivity contribution in [3.05, 3.63) is 29.8 Å². The molecular formula is C12H18N2O4S. The Labute approximate surface area is 113 Å². The molecule has 1 atom stereocenters. The zero-order valence-electron chi connectivity index (χ0n) is 11.1. The van der Waals surface area contributed by atoms with Crippen molar-refractivity contribution in [2.24, 2.45) is 0 Å². The molecule has 1 aromatic carbocycles. The Hall–Kier alpha value is -1.44. The molecule has 6 nitrogen and oxygen atoms in total. The van der Waals surface area contributed by atoms with Gasteiger partial charge in [-0.2, -0.15) is 0 Å². The molecule has 106 valence electrons. The highest BCUT2D eigenvalue weighted by atomic mass is 32.2. The summed E-state index contributed by atoms with van der Waals surface area (Å²) in [6, 6.07) is 5.17. The first-order valence-electron chi connectivity index (χ1n) is 5.73. The minimum Gasteiger partial charge on any atom is -0.478 e. The summed E-state index contributed by atoms with van der Waals surface area (Å²) in [5.41, 5.74) is 0.0561. The molecule has 0 amide bonds. The number of nitrogens with zero attached hydrogens (tertiary/aromatic N) is 1. The summed E-state index contributed by atoms with van der Waals surface area (Å²) in [5.74, 6) is -1.09. The van der Waals surface area contributed by atoms with Gasteiger partial charge in [0, 0.05) is 12.6 Å². The van der Waals surface area contributed by atoms with Gasteiger partial charge in [0.05, 0.1) is 10.5 Å². The maximum atomic E-state index is 12.0. The predicted octanol–water partition coefficient (Wildman–Crippen LogP) is 0.613. The summed E-state index contributed by atoms with van der Waals surface area (Å²) >= 11 is 0. The normalized spacial score (nSPS) is 13.5. The van der Waals surface area contributed by atoms with Gasteiger partial charge in [0.1, 0.15) is 0 Å². The number of carboxylic acid groups (broad SMARTS) is 1. The summed E-state index contributed by atoms with van der Waals surface area (Å²) in [6.07, 6.45) is 0. The maximum Gasteiger partial charge on any atom is 0.335 e. The maximum absolute atomic E-state index is 12.0. The SMILES string of the molecule is CC(CNS(=O)(=O)c1ccc(C(=O)O)cc1)N(C)C. The highest BCUT2D eigenvalue weighted by Gasteiger charge is 2.16. The van der Waals surface area contributed by atoms with Gasteiger partial charge < -0.3 is 10.0 Å². The number of carbonyl (C=O) groups is 1. The molecule has 0 aliphatic heterocycles. The van der Waals surface area contributed by atoms with Crippen LogP contribution in [0.25, 0.3) is 0 Å². The van der Waals surface area contributed by atoms with Crippen LogP contribution in [0.1, 0.15) is 17.3 Å². The Morgan fingerprint density at radius 1 is 1.32 bits per heavy atom. The van der Waals surface area contributed by atoms with E-state index in [4.69, 9.17) is 5.11 Å². The van der Waals surface area contributed by atoms with E-state index in [0.29, 0.717) is 0 Å². The number of aromatic carboxylic acids is 1. The van der Waals surface area contributed by atoms with Gasteiger partial charge in [0.25, 0.3) is 0 Å². The van der Waals surface area contributed by atoms with Crippen molar-refractivity contribution in [1.82, 2.24) is 9.62 Å². The lowest BCUT2D eigenvalue weighted by molar-refractivity contribution is 0.0696. The minimum absolute atomic E-state index is 0.0561. The molecule has 0 aromatic heterocycles. The number of carboxylic acids is 1. The summed E-state index contributed by atoms with van der Waals surface area (Å²) < 4.78 is 26.4. The Bertz CT molecular complexity index is 537. The largest absolute Gasteiger partial charge is 0.478 e. The molecule has 0 saturated carbocycles. The van der Waals surface area contributed by atoms with Gasteiger partial charge in [0.2, 0.25) is 10.0 Å². The lowest BCUT2D eigenvalue weighted by atomic mass is 10.2. The Kier molecular flexibility index (Phi) is 5.04. The fourth-order valence-corrected chi connectivity index (χ4v) is 2.39. The van der Waals surface area contributed by atoms with Crippen LogP contribution in [0.5, 0.6) is 0 Å². The average molecular weight is 286 g/mol. The van der Waals surface area contributed by atoms with Crippen LogP contribution in [0.3, 0.4) is 0 Å². The molecule has 1 rings (SSSR count). The Morgan fingerprint density at radius 3 is 2.26 bits per heavy atom. The van der Waals surface area contributed by atoms with E-state index in [1.54, 1.807) is 0 Å². The molecule has 0 saturated heterocycles. The van der Waals surface area contributed by atoms with Crippen molar-refractivity contribution in [3.63, 3.8) is 0 Å². The third-order valence-electron chi connectivity index (χ3n) is 2.86.